The molecular formula is C55H36N2. The summed E-state index contributed by atoms with van der Waals surface area (Å²) in [6.45, 7) is 0. The molecule has 10 aromatic rings. The van der Waals surface area contributed by atoms with Crippen LogP contribution in [-0.2, 0) is 5.41 Å². The molecule has 0 atom stereocenters. The van der Waals surface area contributed by atoms with Gasteiger partial charge in [0, 0.05) is 16.7 Å². The Kier molecular flexibility index (Phi) is 7.75. The molecule has 0 unspecified atom stereocenters. The number of fused-ring (bicyclic) bond motifs is 6. The molecule has 0 fully saturated rings. The second-order valence-electron chi connectivity index (χ2n) is 14.9. The Morgan fingerprint density at radius 2 is 0.842 bits per heavy atom. The molecule has 1 aromatic heterocycles. The van der Waals surface area contributed by atoms with Gasteiger partial charge in [-0.05, 0) is 84.3 Å². The maximum absolute atomic E-state index is 5.52. The molecule has 1 aliphatic rings. The molecule has 0 N–H and O–H groups in total. The smallest absolute Gasteiger partial charge is 0.161 e. The molecule has 0 bridgehead atoms. The average Bonchev–Trinajstić information content (AvgIpc) is 3.60. The first-order chi connectivity index (χ1) is 28.3. The van der Waals surface area contributed by atoms with E-state index in [0.29, 0.717) is 5.82 Å². The molecule has 0 aliphatic heterocycles. The minimum Gasteiger partial charge on any atom is -0.228 e. The van der Waals surface area contributed by atoms with Gasteiger partial charge in [0.25, 0.3) is 0 Å². The monoisotopic (exact) mass is 724 g/mol. The van der Waals surface area contributed by atoms with E-state index in [1.54, 1.807) is 0 Å². The van der Waals surface area contributed by atoms with Gasteiger partial charge in [0.2, 0.25) is 0 Å². The highest BCUT2D eigenvalue weighted by atomic mass is 14.9. The summed E-state index contributed by atoms with van der Waals surface area (Å²) in [5.74, 6) is 0.702. The van der Waals surface area contributed by atoms with Crippen LogP contribution in [0.4, 0.5) is 0 Å². The van der Waals surface area contributed by atoms with E-state index in [0.717, 1.165) is 50.0 Å². The molecule has 2 heteroatoms. The third kappa shape index (κ3) is 5.26. The van der Waals surface area contributed by atoms with Crippen molar-refractivity contribution in [2.24, 2.45) is 0 Å². The summed E-state index contributed by atoms with van der Waals surface area (Å²) < 4.78 is 0. The van der Waals surface area contributed by atoms with Crippen LogP contribution in [0.5, 0.6) is 0 Å². The molecular weight excluding hydrogens is 689 g/mol. The van der Waals surface area contributed by atoms with Crippen molar-refractivity contribution in [3.8, 4) is 56.2 Å². The number of hydrogen-bond acceptors (Lipinski definition) is 2. The second-order valence-corrected chi connectivity index (χ2v) is 14.9. The Hall–Kier alpha value is -7.42. The molecule has 266 valence electrons. The third-order valence-corrected chi connectivity index (χ3v) is 11.8. The summed E-state index contributed by atoms with van der Waals surface area (Å²) in [6.07, 6.45) is 0. The zero-order valence-corrected chi connectivity index (χ0v) is 31.2. The Labute approximate surface area is 332 Å². The lowest BCUT2D eigenvalue weighted by Crippen LogP contribution is -2.28. The average molecular weight is 725 g/mol. The van der Waals surface area contributed by atoms with E-state index < -0.39 is 5.41 Å². The number of benzene rings is 9. The Balaban J connectivity index is 1.20. The lowest BCUT2D eigenvalue weighted by Gasteiger charge is -2.34. The predicted octanol–water partition coefficient (Wildman–Crippen LogP) is 13.8. The topological polar surface area (TPSA) is 25.8 Å². The molecule has 9 aromatic carbocycles. The van der Waals surface area contributed by atoms with E-state index in [-0.39, 0.29) is 0 Å². The van der Waals surface area contributed by atoms with E-state index in [1.807, 2.05) is 0 Å². The van der Waals surface area contributed by atoms with Crippen LogP contribution in [0, 0.1) is 0 Å². The van der Waals surface area contributed by atoms with Gasteiger partial charge < -0.3 is 0 Å². The summed E-state index contributed by atoms with van der Waals surface area (Å²) in [5.41, 5.74) is 14.2. The summed E-state index contributed by atoms with van der Waals surface area (Å²) in [4.78, 5) is 11.0. The van der Waals surface area contributed by atoms with Gasteiger partial charge in [-0.15, -0.1) is 0 Å². The van der Waals surface area contributed by atoms with Gasteiger partial charge in [0.15, 0.2) is 5.82 Å². The number of aromatic nitrogens is 2. The standard InChI is InChI=1S/C55H36N2/c1-4-18-37(19-5-1)42-25-12-15-30-48(42)53-36-52(56-54(57-53)49-34-38-20-10-11-26-43(38)44-27-13-14-28-45(44)49)39-32-33-47-46-29-16-17-31-50(46)55(51(47)35-39,40-21-6-2-7-22-40)41-23-8-3-9-24-41/h1-36H. The van der Waals surface area contributed by atoms with Crippen LogP contribution in [-0.4, -0.2) is 9.97 Å². The van der Waals surface area contributed by atoms with Crippen molar-refractivity contribution in [1.82, 2.24) is 9.97 Å². The summed E-state index contributed by atoms with van der Waals surface area (Å²) in [7, 11) is 0. The van der Waals surface area contributed by atoms with Crippen molar-refractivity contribution >= 4 is 21.5 Å². The SMILES string of the molecule is c1ccc(-c2ccccc2-c2cc(-c3ccc4c(c3)C(c3ccccc3)(c3ccccc3)c3ccccc3-4)nc(-c3cc4ccccc4c4ccccc34)n2)cc1. The Morgan fingerprint density at radius 1 is 0.298 bits per heavy atom. The molecule has 2 nitrogen and oxygen atoms in total. The maximum atomic E-state index is 5.52. The van der Waals surface area contributed by atoms with E-state index in [9.17, 15) is 0 Å². The second kappa shape index (κ2) is 13.4. The normalized spacial score (nSPS) is 12.7. The summed E-state index contributed by atoms with van der Waals surface area (Å²) in [5, 5.41) is 4.71. The molecule has 0 saturated heterocycles. The highest BCUT2D eigenvalue weighted by Crippen LogP contribution is 2.56. The van der Waals surface area contributed by atoms with Crippen LogP contribution in [0.2, 0.25) is 0 Å². The third-order valence-electron chi connectivity index (χ3n) is 11.8. The van der Waals surface area contributed by atoms with Crippen molar-refractivity contribution in [3.05, 3.63) is 241 Å². The van der Waals surface area contributed by atoms with Crippen molar-refractivity contribution < 1.29 is 0 Å². The molecule has 0 radical (unpaired) electrons. The zero-order chi connectivity index (χ0) is 37.8. The van der Waals surface area contributed by atoms with Crippen molar-refractivity contribution in [3.63, 3.8) is 0 Å². The fraction of sp³-hybridized carbons (Fsp3) is 0.0182. The highest BCUT2D eigenvalue weighted by molar-refractivity contribution is 6.13. The molecule has 1 heterocycles. The molecule has 0 spiro atoms. The minimum absolute atomic E-state index is 0.516. The molecule has 57 heavy (non-hydrogen) atoms. The lowest BCUT2D eigenvalue weighted by atomic mass is 9.67. The van der Waals surface area contributed by atoms with Crippen LogP contribution in [0.15, 0.2) is 218 Å². The van der Waals surface area contributed by atoms with Crippen molar-refractivity contribution in [2.75, 3.05) is 0 Å². The van der Waals surface area contributed by atoms with Gasteiger partial charge in [-0.25, -0.2) is 9.97 Å². The van der Waals surface area contributed by atoms with E-state index >= 15 is 0 Å². The Bertz CT molecular complexity index is 3070. The van der Waals surface area contributed by atoms with Crippen LogP contribution in [0.25, 0.3) is 77.7 Å². The maximum Gasteiger partial charge on any atom is 0.161 e. The van der Waals surface area contributed by atoms with Crippen molar-refractivity contribution in [1.29, 1.82) is 0 Å². The zero-order valence-electron chi connectivity index (χ0n) is 31.2. The number of nitrogens with zero attached hydrogens (tertiary/aromatic N) is 2. The first-order valence-corrected chi connectivity index (χ1v) is 19.6. The van der Waals surface area contributed by atoms with Crippen molar-refractivity contribution in [2.45, 2.75) is 5.41 Å². The lowest BCUT2D eigenvalue weighted by molar-refractivity contribution is 0.768. The van der Waals surface area contributed by atoms with Gasteiger partial charge in [-0.2, -0.15) is 0 Å². The number of hydrogen-bond donors (Lipinski definition) is 0. The van der Waals surface area contributed by atoms with Crippen LogP contribution >= 0.6 is 0 Å². The quantitative estimate of drug-likeness (QED) is 0.160. The molecule has 11 rings (SSSR count). The fourth-order valence-corrected chi connectivity index (χ4v) is 9.27. The van der Waals surface area contributed by atoms with E-state index in [2.05, 4.69) is 218 Å². The molecule has 0 saturated carbocycles. The van der Waals surface area contributed by atoms with Crippen LogP contribution in [0.1, 0.15) is 22.3 Å². The van der Waals surface area contributed by atoms with Gasteiger partial charge in [-0.1, -0.05) is 200 Å². The van der Waals surface area contributed by atoms with Gasteiger partial charge in [-0.3, -0.25) is 0 Å². The highest BCUT2D eigenvalue weighted by Gasteiger charge is 2.46. The van der Waals surface area contributed by atoms with Gasteiger partial charge >= 0.3 is 0 Å². The fourth-order valence-electron chi connectivity index (χ4n) is 9.27. The Morgan fingerprint density at radius 3 is 1.58 bits per heavy atom. The summed E-state index contributed by atoms with van der Waals surface area (Å²) in [6, 6.07) is 78.7. The first-order valence-electron chi connectivity index (χ1n) is 19.6. The van der Waals surface area contributed by atoms with Crippen LogP contribution in [0.3, 0.4) is 0 Å². The van der Waals surface area contributed by atoms with E-state index in [4.69, 9.17) is 9.97 Å². The number of rotatable bonds is 6. The van der Waals surface area contributed by atoms with Crippen LogP contribution < -0.4 is 0 Å². The predicted molar refractivity (Wildman–Crippen MR) is 236 cm³/mol. The summed E-state index contributed by atoms with van der Waals surface area (Å²) >= 11 is 0. The minimum atomic E-state index is -0.516. The largest absolute Gasteiger partial charge is 0.228 e. The molecule has 0 amide bonds. The molecule has 1 aliphatic carbocycles. The first kappa shape index (κ1) is 33.0. The van der Waals surface area contributed by atoms with E-state index in [1.165, 1.54) is 44.2 Å². The van der Waals surface area contributed by atoms with Gasteiger partial charge in [0.05, 0.1) is 16.8 Å². The van der Waals surface area contributed by atoms with Gasteiger partial charge in [0.1, 0.15) is 0 Å².